The largest absolute Gasteiger partial charge is 0.506 e. The number of nitrogens with one attached hydrogen (secondary N) is 1. The normalized spacial score (nSPS) is 10.3. The highest BCUT2D eigenvalue weighted by atomic mass is 16.3. The molecule has 0 unspecified atom stereocenters. The van der Waals surface area contributed by atoms with Gasteiger partial charge in [0, 0.05) is 5.56 Å². The summed E-state index contributed by atoms with van der Waals surface area (Å²) in [7, 11) is 0. The molecule has 0 saturated carbocycles. The molecule has 0 amide bonds. The molecular weight excluding hydrogens is 156 g/mol. The lowest BCUT2D eigenvalue weighted by molar-refractivity contribution is 0.112. The van der Waals surface area contributed by atoms with Gasteiger partial charge in [0.25, 0.3) is 0 Å². The van der Waals surface area contributed by atoms with Gasteiger partial charge in [0.05, 0.1) is 11.8 Å². The number of imidazole rings is 1. The minimum absolute atomic E-state index is 0.0239. The highest BCUT2D eigenvalue weighted by molar-refractivity contribution is 5.88. The van der Waals surface area contributed by atoms with Crippen LogP contribution in [0.3, 0.4) is 0 Å². The van der Waals surface area contributed by atoms with Crippen LogP contribution < -0.4 is 0 Å². The number of hydrogen-bond acceptors (Lipinski definition) is 3. The van der Waals surface area contributed by atoms with Gasteiger partial charge in [-0.05, 0) is 12.1 Å². The van der Waals surface area contributed by atoms with Crippen LogP contribution in [0.5, 0.6) is 5.75 Å². The van der Waals surface area contributed by atoms with E-state index in [0.717, 1.165) is 0 Å². The molecule has 2 rings (SSSR count). The molecule has 0 saturated heterocycles. The number of rotatable bonds is 1. The average Bonchev–Trinajstić information content (AvgIpc) is 2.52. The summed E-state index contributed by atoms with van der Waals surface area (Å²) in [5.74, 6) is 0.0239. The first-order valence-electron chi connectivity index (χ1n) is 3.42. The molecule has 0 atom stereocenters. The molecular formula is C8H6N2O2. The number of hydrogen-bond donors (Lipinski definition) is 2. The molecule has 2 aromatic rings. The lowest BCUT2D eigenvalue weighted by atomic mass is 10.2. The molecule has 1 aromatic carbocycles. The highest BCUT2D eigenvalue weighted by Crippen LogP contribution is 2.22. The van der Waals surface area contributed by atoms with E-state index < -0.39 is 0 Å². The third kappa shape index (κ3) is 0.852. The van der Waals surface area contributed by atoms with Crippen LogP contribution in [-0.4, -0.2) is 21.4 Å². The van der Waals surface area contributed by atoms with Crippen molar-refractivity contribution in [2.75, 3.05) is 0 Å². The van der Waals surface area contributed by atoms with Crippen molar-refractivity contribution >= 4 is 17.3 Å². The molecule has 0 bridgehead atoms. The predicted octanol–water partition coefficient (Wildman–Crippen LogP) is 1.08. The molecule has 1 heterocycles. The Bertz CT molecular complexity index is 434. The Morgan fingerprint density at radius 1 is 1.50 bits per heavy atom. The third-order valence-electron chi connectivity index (χ3n) is 1.66. The number of aromatic hydroxyl groups is 1. The van der Waals surface area contributed by atoms with Crippen molar-refractivity contribution < 1.29 is 9.90 Å². The van der Waals surface area contributed by atoms with E-state index in [9.17, 15) is 9.90 Å². The molecule has 1 aromatic heterocycles. The zero-order chi connectivity index (χ0) is 8.55. The van der Waals surface area contributed by atoms with Gasteiger partial charge < -0.3 is 10.1 Å². The van der Waals surface area contributed by atoms with Gasteiger partial charge in [-0.3, -0.25) is 4.79 Å². The van der Waals surface area contributed by atoms with Crippen molar-refractivity contribution in [3.8, 4) is 5.75 Å². The molecule has 0 aliphatic carbocycles. The summed E-state index contributed by atoms with van der Waals surface area (Å²) in [5, 5.41) is 9.33. The summed E-state index contributed by atoms with van der Waals surface area (Å²) >= 11 is 0. The standard InChI is InChI=1S/C8H6N2O2/c11-3-5-1-6-8(7(12)2-5)10-4-9-6/h1-4,12H,(H,9,10). The Morgan fingerprint density at radius 2 is 2.33 bits per heavy atom. The lowest BCUT2D eigenvalue weighted by Crippen LogP contribution is -1.80. The van der Waals surface area contributed by atoms with E-state index in [1.54, 1.807) is 6.07 Å². The van der Waals surface area contributed by atoms with Crippen LogP contribution in [0, 0.1) is 0 Å². The fourth-order valence-corrected chi connectivity index (χ4v) is 1.12. The summed E-state index contributed by atoms with van der Waals surface area (Å²) in [6.45, 7) is 0. The average molecular weight is 162 g/mol. The van der Waals surface area contributed by atoms with Crippen LogP contribution in [0.2, 0.25) is 0 Å². The zero-order valence-corrected chi connectivity index (χ0v) is 6.11. The number of nitrogens with zero attached hydrogens (tertiary/aromatic N) is 1. The zero-order valence-electron chi connectivity index (χ0n) is 6.11. The SMILES string of the molecule is O=Cc1cc(O)c2nc[nH]c2c1. The van der Waals surface area contributed by atoms with E-state index in [-0.39, 0.29) is 5.75 Å². The number of carbonyl (C=O) groups excluding carboxylic acids is 1. The van der Waals surface area contributed by atoms with Gasteiger partial charge in [0.2, 0.25) is 0 Å². The number of aromatic nitrogens is 2. The van der Waals surface area contributed by atoms with Gasteiger partial charge in [-0.1, -0.05) is 0 Å². The fraction of sp³-hybridized carbons (Fsp3) is 0. The maximum absolute atomic E-state index is 10.4. The van der Waals surface area contributed by atoms with Crippen molar-refractivity contribution in [2.24, 2.45) is 0 Å². The maximum atomic E-state index is 10.4. The van der Waals surface area contributed by atoms with Gasteiger partial charge >= 0.3 is 0 Å². The molecule has 4 heteroatoms. The van der Waals surface area contributed by atoms with Gasteiger partial charge in [-0.15, -0.1) is 0 Å². The predicted molar refractivity (Wildman–Crippen MR) is 43.1 cm³/mol. The van der Waals surface area contributed by atoms with E-state index in [1.165, 1.54) is 12.4 Å². The highest BCUT2D eigenvalue weighted by Gasteiger charge is 2.03. The van der Waals surface area contributed by atoms with Crippen LogP contribution in [0.25, 0.3) is 11.0 Å². The van der Waals surface area contributed by atoms with Crippen LogP contribution in [0.4, 0.5) is 0 Å². The lowest BCUT2D eigenvalue weighted by Gasteiger charge is -1.94. The summed E-state index contributed by atoms with van der Waals surface area (Å²) in [6.07, 6.45) is 2.15. The molecule has 0 spiro atoms. The number of H-pyrrole nitrogens is 1. The molecule has 12 heavy (non-hydrogen) atoms. The van der Waals surface area contributed by atoms with Gasteiger partial charge in [0.1, 0.15) is 17.6 Å². The summed E-state index contributed by atoms with van der Waals surface area (Å²) < 4.78 is 0. The summed E-state index contributed by atoms with van der Waals surface area (Å²) in [6, 6.07) is 3.02. The second kappa shape index (κ2) is 2.34. The number of phenols is 1. The first-order valence-corrected chi connectivity index (χ1v) is 3.42. The minimum Gasteiger partial charge on any atom is -0.506 e. The Balaban J connectivity index is 2.83. The smallest absolute Gasteiger partial charge is 0.150 e. The van der Waals surface area contributed by atoms with Crippen LogP contribution in [-0.2, 0) is 0 Å². The minimum atomic E-state index is 0.0239. The summed E-state index contributed by atoms with van der Waals surface area (Å²) in [4.78, 5) is 17.1. The van der Waals surface area contributed by atoms with Gasteiger partial charge in [-0.2, -0.15) is 0 Å². The first kappa shape index (κ1) is 6.84. The second-order valence-electron chi connectivity index (χ2n) is 2.46. The van der Waals surface area contributed by atoms with Crippen LogP contribution in [0.15, 0.2) is 18.5 Å². The number of aldehydes is 1. The van der Waals surface area contributed by atoms with Crippen molar-refractivity contribution in [2.45, 2.75) is 0 Å². The van der Waals surface area contributed by atoms with Crippen molar-refractivity contribution in [3.05, 3.63) is 24.0 Å². The second-order valence-corrected chi connectivity index (χ2v) is 2.46. The van der Waals surface area contributed by atoms with Gasteiger partial charge in [-0.25, -0.2) is 4.98 Å². The van der Waals surface area contributed by atoms with Gasteiger partial charge in [0.15, 0.2) is 0 Å². The Morgan fingerprint density at radius 3 is 3.08 bits per heavy atom. The third-order valence-corrected chi connectivity index (χ3v) is 1.66. The molecule has 0 aliphatic heterocycles. The number of phenolic OH excluding ortho intramolecular Hbond substituents is 1. The fourth-order valence-electron chi connectivity index (χ4n) is 1.12. The molecule has 0 aliphatic rings. The van der Waals surface area contributed by atoms with E-state index in [0.29, 0.717) is 22.9 Å². The Labute approximate surface area is 67.9 Å². The first-order chi connectivity index (χ1) is 5.81. The molecule has 60 valence electrons. The molecule has 0 fully saturated rings. The molecule has 0 radical (unpaired) electrons. The molecule has 4 nitrogen and oxygen atoms in total. The van der Waals surface area contributed by atoms with E-state index in [2.05, 4.69) is 9.97 Å². The van der Waals surface area contributed by atoms with Crippen molar-refractivity contribution in [1.82, 2.24) is 9.97 Å². The Hall–Kier alpha value is -1.84. The Kier molecular flexibility index (Phi) is 1.33. The van der Waals surface area contributed by atoms with Crippen molar-refractivity contribution in [3.63, 3.8) is 0 Å². The van der Waals surface area contributed by atoms with Crippen LogP contribution in [0.1, 0.15) is 10.4 Å². The van der Waals surface area contributed by atoms with E-state index in [4.69, 9.17) is 0 Å². The monoisotopic (exact) mass is 162 g/mol. The quantitative estimate of drug-likeness (QED) is 0.616. The summed E-state index contributed by atoms with van der Waals surface area (Å²) in [5.41, 5.74) is 1.59. The van der Waals surface area contributed by atoms with E-state index >= 15 is 0 Å². The number of carbonyl (C=O) groups is 1. The molecule has 2 N–H and O–H groups in total. The topological polar surface area (TPSA) is 66.0 Å². The number of fused-ring (bicyclic) bond motifs is 1. The number of benzene rings is 1. The maximum Gasteiger partial charge on any atom is 0.150 e. The number of aromatic amines is 1. The van der Waals surface area contributed by atoms with E-state index in [1.807, 2.05) is 0 Å². The van der Waals surface area contributed by atoms with Crippen LogP contribution >= 0.6 is 0 Å². The van der Waals surface area contributed by atoms with Crippen molar-refractivity contribution in [1.29, 1.82) is 0 Å².